The van der Waals surface area contributed by atoms with Crippen molar-refractivity contribution in [3.05, 3.63) is 28.0 Å². The highest BCUT2D eigenvalue weighted by Gasteiger charge is 1.97. The monoisotopic (exact) mass is 269 g/mol. The summed E-state index contributed by atoms with van der Waals surface area (Å²) < 4.78 is 5.08. The molecule has 0 unspecified atom stereocenters. The first-order chi connectivity index (χ1) is 8.74. The molecule has 1 aromatic rings. The fraction of sp³-hybridized carbons (Fsp3) is 0.462. The molecule has 2 N–H and O–H groups in total. The molecule has 0 aromatic carbocycles. The van der Waals surface area contributed by atoms with E-state index in [0.29, 0.717) is 19.8 Å². The van der Waals surface area contributed by atoms with E-state index in [1.807, 2.05) is 24.4 Å². The Bertz CT molecular complexity index is 387. The van der Waals surface area contributed by atoms with E-state index in [1.54, 1.807) is 17.4 Å². The van der Waals surface area contributed by atoms with Gasteiger partial charge in [0.15, 0.2) is 0 Å². The van der Waals surface area contributed by atoms with Crippen LogP contribution < -0.4 is 5.32 Å². The first-order valence-electron chi connectivity index (χ1n) is 5.92. The lowest BCUT2D eigenvalue weighted by Gasteiger charge is -2.03. The van der Waals surface area contributed by atoms with Gasteiger partial charge < -0.3 is 15.2 Å². The van der Waals surface area contributed by atoms with Gasteiger partial charge in [-0.05, 0) is 36.4 Å². The number of thiophene rings is 1. The van der Waals surface area contributed by atoms with Gasteiger partial charge >= 0.3 is 0 Å². The number of carbonyl (C=O) groups is 1. The van der Waals surface area contributed by atoms with Crippen LogP contribution in [0.1, 0.15) is 16.9 Å². The maximum atomic E-state index is 11.5. The number of amides is 1. The molecule has 0 fully saturated rings. The molecule has 1 heterocycles. The second kappa shape index (κ2) is 8.85. The van der Waals surface area contributed by atoms with E-state index in [2.05, 4.69) is 5.32 Å². The lowest BCUT2D eigenvalue weighted by atomic mass is 10.3. The van der Waals surface area contributed by atoms with E-state index in [1.165, 1.54) is 5.56 Å². The van der Waals surface area contributed by atoms with E-state index in [9.17, 15) is 4.79 Å². The normalized spacial score (nSPS) is 11.0. The molecule has 18 heavy (non-hydrogen) atoms. The average Bonchev–Trinajstić information content (AvgIpc) is 2.77. The van der Waals surface area contributed by atoms with E-state index in [4.69, 9.17) is 9.84 Å². The van der Waals surface area contributed by atoms with Crippen molar-refractivity contribution in [1.29, 1.82) is 0 Å². The molecule has 0 bridgehead atoms. The summed E-state index contributed by atoms with van der Waals surface area (Å²) in [5, 5.41) is 13.3. The minimum Gasteiger partial charge on any atom is -0.394 e. The standard InChI is InChI=1S/C13H19NO3S/c1-11-5-10-18-12(11)3-4-13(16)14-6-2-8-17-9-7-15/h3-5,10,15H,2,6-9H2,1H3,(H,14,16)/b4-3+. The predicted octanol–water partition coefficient (Wildman–Crippen LogP) is 1.58. The molecule has 0 aliphatic heterocycles. The van der Waals surface area contributed by atoms with Crippen LogP contribution in [-0.4, -0.2) is 37.4 Å². The fourth-order valence-electron chi connectivity index (χ4n) is 1.32. The van der Waals surface area contributed by atoms with E-state index in [0.717, 1.165) is 11.3 Å². The maximum Gasteiger partial charge on any atom is 0.244 e. The largest absolute Gasteiger partial charge is 0.394 e. The molecular formula is C13H19NO3S. The van der Waals surface area contributed by atoms with Crippen LogP contribution in [0.4, 0.5) is 0 Å². The Morgan fingerprint density at radius 2 is 2.39 bits per heavy atom. The maximum absolute atomic E-state index is 11.5. The van der Waals surface area contributed by atoms with Crippen molar-refractivity contribution in [1.82, 2.24) is 5.32 Å². The molecule has 100 valence electrons. The second-order valence-corrected chi connectivity index (χ2v) is 4.73. The number of hydrogen-bond donors (Lipinski definition) is 2. The molecule has 0 atom stereocenters. The molecule has 4 nitrogen and oxygen atoms in total. The SMILES string of the molecule is Cc1ccsc1/C=C/C(=O)NCCCOCCO. The topological polar surface area (TPSA) is 58.6 Å². The van der Waals surface area contributed by atoms with Crippen LogP contribution in [0.2, 0.25) is 0 Å². The highest BCUT2D eigenvalue weighted by Crippen LogP contribution is 2.16. The van der Waals surface area contributed by atoms with Crippen molar-refractivity contribution in [2.24, 2.45) is 0 Å². The van der Waals surface area contributed by atoms with Gasteiger partial charge in [0.2, 0.25) is 5.91 Å². The van der Waals surface area contributed by atoms with Gasteiger partial charge in [-0.25, -0.2) is 0 Å². The van der Waals surface area contributed by atoms with Crippen molar-refractivity contribution < 1.29 is 14.6 Å². The van der Waals surface area contributed by atoms with Crippen molar-refractivity contribution in [3.8, 4) is 0 Å². The van der Waals surface area contributed by atoms with Crippen molar-refractivity contribution in [3.63, 3.8) is 0 Å². The van der Waals surface area contributed by atoms with Gasteiger partial charge in [0.05, 0.1) is 13.2 Å². The lowest BCUT2D eigenvalue weighted by Crippen LogP contribution is -2.23. The Hall–Kier alpha value is -1.17. The van der Waals surface area contributed by atoms with Crippen molar-refractivity contribution in [2.75, 3.05) is 26.4 Å². The number of aliphatic hydroxyl groups is 1. The van der Waals surface area contributed by atoms with Crippen LogP contribution in [-0.2, 0) is 9.53 Å². The molecule has 1 amide bonds. The fourth-order valence-corrected chi connectivity index (χ4v) is 2.14. The van der Waals surface area contributed by atoms with Gasteiger partial charge in [-0.15, -0.1) is 11.3 Å². The van der Waals surface area contributed by atoms with Crippen molar-refractivity contribution >= 4 is 23.3 Å². The smallest absolute Gasteiger partial charge is 0.244 e. The lowest BCUT2D eigenvalue weighted by molar-refractivity contribution is -0.116. The zero-order valence-corrected chi connectivity index (χ0v) is 11.3. The zero-order chi connectivity index (χ0) is 13.2. The summed E-state index contributed by atoms with van der Waals surface area (Å²) in [5.74, 6) is -0.0926. The van der Waals surface area contributed by atoms with Crippen LogP contribution >= 0.6 is 11.3 Å². The Morgan fingerprint density at radius 1 is 1.56 bits per heavy atom. The third kappa shape index (κ3) is 5.95. The second-order valence-electron chi connectivity index (χ2n) is 3.78. The molecule has 1 rings (SSSR count). The predicted molar refractivity (Wildman–Crippen MR) is 73.6 cm³/mol. The third-order valence-electron chi connectivity index (χ3n) is 2.29. The highest BCUT2D eigenvalue weighted by atomic mass is 32.1. The van der Waals surface area contributed by atoms with Crippen molar-refractivity contribution in [2.45, 2.75) is 13.3 Å². The molecule has 5 heteroatoms. The van der Waals surface area contributed by atoms with E-state index < -0.39 is 0 Å². The minimum atomic E-state index is -0.0926. The van der Waals surface area contributed by atoms with Crippen LogP contribution in [0.3, 0.4) is 0 Å². The highest BCUT2D eigenvalue weighted by molar-refractivity contribution is 7.11. The van der Waals surface area contributed by atoms with Gasteiger partial charge in [-0.1, -0.05) is 0 Å². The number of aliphatic hydroxyl groups excluding tert-OH is 1. The van der Waals surface area contributed by atoms with Gasteiger partial charge in [0.25, 0.3) is 0 Å². The Kier molecular flexibility index (Phi) is 7.32. The number of hydrogen-bond acceptors (Lipinski definition) is 4. The van der Waals surface area contributed by atoms with Gasteiger partial charge in [-0.3, -0.25) is 4.79 Å². The number of rotatable bonds is 8. The Balaban J connectivity index is 2.14. The molecule has 0 saturated carbocycles. The molecule has 0 aliphatic rings. The molecular weight excluding hydrogens is 250 g/mol. The van der Waals surface area contributed by atoms with Gasteiger partial charge in [0, 0.05) is 24.1 Å². The molecule has 0 aliphatic carbocycles. The molecule has 0 radical (unpaired) electrons. The minimum absolute atomic E-state index is 0.0370. The van der Waals surface area contributed by atoms with Crippen LogP contribution in [0.15, 0.2) is 17.5 Å². The number of ether oxygens (including phenoxy) is 1. The Labute approximate surface area is 111 Å². The molecule has 0 spiro atoms. The summed E-state index contributed by atoms with van der Waals surface area (Å²) in [6.45, 7) is 3.54. The average molecular weight is 269 g/mol. The molecule has 1 aromatic heterocycles. The summed E-state index contributed by atoms with van der Waals surface area (Å²) in [5.41, 5.74) is 1.18. The van der Waals surface area contributed by atoms with Gasteiger partial charge in [-0.2, -0.15) is 0 Å². The molecule has 0 saturated heterocycles. The summed E-state index contributed by atoms with van der Waals surface area (Å²) in [4.78, 5) is 12.6. The summed E-state index contributed by atoms with van der Waals surface area (Å²) in [6, 6.07) is 2.03. The van der Waals surface area contributed by atoms with Gasteiger partial charge in [0.1, 0.15) is 0 Å². The third-order valence-corrected chi connectivity index (χ3v) is 3.27. The van der Waals surface area contributed by atoms with Crippen LogP contribution in [0.5, 0.6) is 0 Å². The Morgan fingerprint density at radius 3 is 3.06 bits per heavy atom. The quantitative estimate of drug-likeness (QED) is 0.556. The summed E-state index contributed by atoms with van der Waals surface area (Å²) >= 11 is 1.62. The first-order valence-corrected chi connectivity index (χ1v) is 6.80. The zero-order valence-electron chi connectivity index (χ0n) is 10.5. The summed E-state index contributed by atoms with van der Waals surface area (Å²) in [6.07, 6.45) is 4.13. The van der Waals surface area contributed by atoms with E-state index in [-0.39, 0.29) is 12.5 Å². The number of nitrogens with one attached hydrogen (secondary N) is 1. The summed E-state index contributed by atoms with van der Waals surface area (Å²) in [7, 11) is 0. The van der Waals surface area contributed by atoms with Crippen LogP contribution in [0, 0.1) is 6.92 Å². The number of carbonyl (C=O) groups excluding carboxylic acids is 1. The van der Waals surface area contributed by atoms with E-state index >= 15 is 0 Å². The van der Waals surface area contributed by atoms with Crippen LogP contribution in [0.25, 0.3) is 6.08 Å². The number of aryl methyl sites for hydroxylation is 1. The first kappa shape index (κ1) is 14.9.